The van der Waals surface area contributed by atoms with E-state index in [1.165, 1.54) is 11.3 Å². The number of carboxylic acids is 1. The Kier molecular flexibility index (Phi) is 3.58. The van der Waals surface area contributed by atoms with Gasteiger partial charge in [-0.05, 0) is 6.92 Å². The first-order chi connectivity index (χ1) is 6.58. The lowest BCUT2D eigenvalue weighted by Crippen LogP contribution is -2.30. The van der Waals surface area contributed by atoms with Gasteiger partial charge in [-0.25, -0.2) is 4.98 Å². The Morgan fingerprint density at radius 3 is 2.86 bits per heavy atom. The zero-order valence-corrected chi connectivity index (χ0v) is 8.43. The third kappa shape index (κ3) is 3.53. The van der Waals surface area contributed by atoms with E-state index >= 15 is 0 Å². The Bertz CT molecular complexity index is 348. The fourth-order valence-corrected chi connectivity index (χ4v) is 1.50. The van der Waals surface area contributed by atoms with Crippen LogP contribution in [0.15, 0.2) is 5.38 Å². The maximum atomic E-state index is 11.1. The lowest BCUT2D eigenvalue weighted by atomic mass is 10.3. The Morgan fingerprint density at radius 1 is 1.64 bits per heavy atom. The van der Waals surface area contributed by atoms with Crippen LogP contribution in [0.1, 0.15) is 10.7 Å². The monoisotopic (exact) mass is 214 g/mol. The van der Waals surface area contributed by atoms with Crippen molar-refractivity contribution in [3.8, 4) is 0 Å². The Morgan fingerprint density at radius 2 is 2.36 bits per heavy atom. The van der Waals surface area contributed by atoms with Crippen LogP contribution in [-0.4, -0.2) is 28.5 Å². The number of amides is 1. The molecule has 0 saturated heterocycles. The molecule has 14 heavy (non-hydrogen) atoms. The van der Waals surface area contributed by atoms with E-state index in [-0.39, 0.29) is 18.9 Å². The highest BCUT2D eigenvalue weighted by Crippen LogP contribution is 2.07. The SMILES string of the molecule is Cc1nc(CC(=O)NCC(=O)O)cs1. The van der Waals surface area contributed by atoms with E-state index in [1.807, 2.05) is 6.92 Å². The molecule has 1 aromatic rings. The highest BCUT2D eigenvalue weighted by Gasteiger charge is 2.07. The lowest BCUT2D eigenvalue weighted by molar-refractivity contribution is -0.137. The minimum absolute atomic E-state index is 0.137. The number of aryl methyl sites for hydroxylation is 1. The second-order valence-electron chi connectivity index (χ2n) is 2.71. The van der Waals surface area contributed by atoms with Crippen LogP contribution in [0, 0.1) is 6.92 Å². The normalized spacial score (nSPS) is 9.79. The summed E-state index contributed by atoms with van der Waals surface area (Å²) in [6, 6.07) is 0. The van der Waals surface area contributed by atoms with E-state index in [0.717, 1.165) is 5.01 Å². The predicted molar refractivity (Wildman–Crippen MR) is 51.2 cm³/mol. The van der Waals surface area contributed by atoms with E-state index in [9.17, 15) is 9.59 Å². The first-order valence-electron chi connectivity index (χ1n) is 3.97. The van der Waals surface area contributed by atoms with Gasteiger partial charge in [0.2, 0.25) is 5.91 Å². The number of carboxylic acid groups (broad SMARTS) is 1. The van der Waals surface area contributed by atoms with Gasteiger partial charge in [0.25, 0.3) is 0 Å². The maximum Gasteiger partial charge on any atom is 0.322 e. The number of carbonyl (C=O) groups is 2. The van der Waals surface area contributed by atoms with Gasteiger partial charge in [-0.3, -0.25) is 9.59 Å². The van der Waals surface area contributed by atoms with Gasteiger partial charge >= 0.3 is 5.97 Å². The summed E-state index contributed by atoms with van der Waals surface area (Å²) in [6.45, 7) is 1.51. The molecule has 2 N–H and O–H groups in total. The van der Waals surface area contributed by atoms with Crippen molar-refractivity contribution in [2.45, 2.75) is 13.3 Å². The minimum Gasteiger partial charge on any atom is -0.480 e. The van der Waals surface area contributed by atoms with Crippen molar-refractivity contribution in [3.63, 3.8) is 0 Å². The van der Waals surface area contributed by atoms with Gasteiger partial charge in [0.15, 0.2) is 0 Å². The summed E-state index contributed by atoms with van der Waals surface area (Å²) < 4.78 is 0. The topological polar surface area (TPSA) is 79.3 Å². The quantitative estimate of drug-likeness (QED) is 0.750. The summed E-state index contributed by atoms with van der Waals surface area (Å²) in [7, 11) is 0. The van der Waals surface area contributed by atoms with Crippen LogP contribution in [0.4, 0.5) is 0 Å². The molecule has 0 aliphatic carbocycles. The lowest BCUT2D eigenvalue weighted by Gasteiger charge is -1.98. The molecule has 0 aliphatic rings. The molecule has 0 saturated carbocycles. The highest BCUT2D eigenvalue weighted by molar-refractivity contribution is 7.09. The average Bonchev–Trinajstić information content (AvgIpc) is 2.48. The van der Waals surface area contributed by atoms with Gasteiger partial charge < -0.3 is 10.4 Å². The molecule has 5 nitrogen and oxygen atoms in total. The number of aliphatic carboxylic acids is 1. The molecular formula is C8H10N2O3S. The number of aromatic nitrogens is 1. The first kappa shape index (κ1) is 10.6. The smallest absolute Gasteiger partial charge is 0.322 e. The summed E-state index contributed by atoms with van der Waals surface area (Å²) >= 11 is 1.46. The molecule has 0 atom stereocenters. The zero-order chi connectivity index (χ0) is 10.6. The summed E-state index contributed by atoms with van der Waals surface area (Å²) in [6.07, 6.45) is 0.137. The molecule has 76 valence electrons. The highest BCUT2D eigenvalue weighted by atomic mass is 32.1. The standard InChI is InChI=1S/C8H10N2O3S/c1-5-10-6(4-14-5)2-7(11)9-3-8(12)13/h4H,2-3H2,1H3,(H,9,11)(H,12,13). The van der Waals surface area contributed by atoms with Gasteiger partial charge in [-0.15, -0.1) is 11.3 Å². The molecule has 0 unspecified atom stereocenters. The Hall–Kier alpha value is -1.43. The number of hydrogen-bond acceptors (Lipinski definition) is 4. The average molecular weight is 214 g/mol. The summed E-state index contributed by atoms with van der Waals surface area (Å²) in [5.41, 5.74) is 0.676. The van der Waals surface area contributed by atoms with Gasteiger partial charge in [0, 0.05) is 5.38 Å². The summed E-state index contributed by atoms with van der Waals surface area (Å²) in [4.78, 5) is 25.3. The van der Waals surface area contributed by atoms with Crippen molar-refractivity contribution in [2.75, 3.05) is 6.54 Å². The van der Waals surface area contributed by atoms with Crippen LogP contribution in [-0.2, 0) is 16.0 Å². The van der Waals surface area contributed by atoms with Crippen LogP contribution in [0.25, 0.3) is 0 Å². The second kappa shape index (κ2) is 4.71. The summed E-state index contributed by atoms with van der Waals surface area (Å²) in [5.74, 6) is -1.37. The molecule has 1 rings (SSSR count). The number of hydrogen-bond donors (Lipinski definition) is 2. The fourth-order valence-electron chi connectivity index (χ4n) is 0.891. The van der Waals surface area contributed by atoms with Crippen molar-refractivity contribution < 1.29 is 14.7 Å². The van der Waals surface area contributed by atoms with Crippen LogP contribution in [0.3, 0.4) is 0 Å². The first-order valence-corrected chi connectivity index (χ1v) is 4.85. The van der Waals surface area contributed by atoms with Crippen LogP contribution in [0.5, 0.6) is 0 Å². The molecule has 1 heterocycles. The van der Waals surface area contributed by atoms with Gasteiger partial charge in [0.1, 0.15) is 6.54 Å². The minimum atomic E-state index is -1.05. The van der Waals surface area contributed by atoms with E-state index in [4.69, 9.17) is 5.11 Å². The molecule has 0 aromatic carbocycles. The van der Waals surface area contributed by atoms with Crippen molar-refractivity contribution >= 4 is 23.2 Å². The number of thiazole rings is 1. The van der Waals surface area contributed by atoms with Gasteiger partial charge in [-0.2, -0.15) is 0 Å². The van der Waals surface area contributed by atoms with E-state index < -0.39 is 5.97 Å². The van der Waals surface area contributed by atoms with Crippen molar-refractivity contribution in [3.05, 3.63) is 16.1 Å². The van der Waals surface area contributed by atoms with Crippen molar-refractivity contribution in [1.82, 2.24) is 10.3 Å². The number of nitrogens with one attached hydrogen (secondary N) is 1. The Labute approximate surface area is 84.8 Å². The number of nitrogens with zero attached hydrogens (tertiary/aromatic N) is 1. The van der Waals surface area contributed by atoms with E-state index in [2.05, 4.69) is 10.3 Å². The number of carbonyl (C=O) groups excluding carboxylic acids is 1. The molecule has 0 aliphatic heterocycles. The molecule has 6 heteroatoms. The molecular weight excluding hydrogens is 204 g/mol. The van der Waals surface area contributed by atoms with Gasteiger partial charge in [0.05, 0.1) is 17.1 Å². The number of rotatable bonds is 4. The largest absolute Gasteiger partial charge is 0.480 e. The molecule has 0 bridgehead atoms. The molecule has 1 aromatic heterocycles. The Balaban J connectivity index is 2.37. The molecule has 0 radical (unpaired) electrons. The third-order valence-corrected chi connectivity index (χ3v) is 2.27. The molecule has 0 fully saturated rings. The van der Waals surface area contributed by atoms with Crippen molar-refractivity contribution in [2.24, 2.45) is 0 Å². The predicted octanol–water partition coefficient (Wildman–Crippen LogP) is 0.195. The fraction of sp³-hybridized carbons (Fsp3) is 0.375. The maximum absolute atomic E-state index is 11.1. The van der Waals surface area contributed by atoms with Crippen LogP contribution >= 0.6 is 11.3 Å². The molecule has 1 amide bonds. The van der Waals surface area contributed by atoms with Crippen LogP contribution in [0.2, 0.25) is 0 Å². The zero-order valence-electron chi connectivity index (χ0n) is 7.61. The van der Waals surface area contributed by atoms with Crippen molar-refractivity contribution in [1.29, 1.82) is 0 Å². The molecule has 0 spiro atoms. The van der Waals surface area contributed by atoms with E-state index in [1.54, 1.807) is 5.38 Å². The second-order valence-corrected chi connectivity index (χ2v) is 3.77. The van der Waals surface area contributed by atoms with Crippen LogP contribution < -0.4 is 5.32 Å². The van der Waals surface area contributed by atoms with E-state index in [0.29, 0.717) is 5.69 Å². The van der Waals surface area contributed by atoms with Gasteiger partial charge in [-0.1, -0.05) is 0 Å². The third-order valence-electron chi connectivity index (χ3n) is 1.45. The summed E-state index contributed by atoms with van der Waals surface area (Å²) in [5, 5.41) is 13.3.